The largest absolute Gasteiger partial charge is 0.454 e. The summed E-state index contributed by atoms with van der Waals surface area (Å²) < 4.78 is 10.6. The van der Waals surface area contributed by atoms with Crippen LogP contribution in [0.3, 0.4) is 0 Å². The number of hydrogen-bond acceptors (Lipinski definition) is 4. The Morgan fingerprint density at radius 1 is 1.04 bits per heavy atom. The van der Waals surface area contributed by atoms with Crippen LogP contribution in [0.15, 0.2) is 36.4 Å². The van der Waals surface area contributed by atoms with E-state index in [4.69, 9.17) is 9.47 Å². The Balaban J connectivity index is 1.29. The van der Waals surface area contributed by atoms with Crippen LogP contribution in [0.1, 0.15) is 24.0 Å². The lowest BCUT2D eigenvalue weighted by atomic mass is 10.1. The lowest BCUT2D eigenvalue weighted by Crippen LogP contribution is -2.28. The van der Waals surface area contributed by atoms with Crippen LogP contribution in [0.5, 0.6) is 11.5 Å². The van der Waals surface area contributed by atoms with Crippen LogP contribution in [0.2, 0.25) is 0 Å². The van der Waals surface area contributed by atoms with Crippen molar-refractivity contribution in [3.05, 3.63) is 47.5 Å². The number of benzene rings is 2. The minimum atomic E-state index is -0.365. The molecule has 0 unspecified atom stereocenters. The molecule has 2 aromatic rings. The number of hydrogen-bond donors (Lipinski definition) is 1. The molecular formula is C21H20N2O4. The normalized spacial score (nSPS) is 20.1. The van der Waals surface area contributed by atoms with Gasteiger partial charge >= 0.3 is 0 Å². The molecule has 1 N–H and O–H groups in total. The highest BCUT2D eigenvalue weighted by Gasteiger charge is 2.35. The predicted molar refractivity (Wildman–Crippen MR) is 100 cm³/mol. The van der Waals surface area contributed by atoms with E-state index in [-0.39, 0.29) is 30.9 Å². The summed E-state index contributed by atoms with van der Waals surface area (Å²) in [5, 5.41) is 2.89. The molecule has 5 rings (SSSR count). The van der Waals surface area contributed by atoms with Gasteiger partial charge in [-0.05, 0) is 54.7 Å². The molecule has 138 valence electrons. The van der Waals surface area contributed by atoms with Crippen LogP contribution in [0.25, 0.3) is 0 Å². The third kappa shape index (κ3) is 2.91. The van der Waals surface area contributed by atoms with Crippen molar-refractivity contribution >= 4 is 23.2 Å². The molecule has 6 nitrogen and oxygen atoms in total. The van der Waals surface area contributed by atoms with E-state index in [1.807, 2.05) is 6.07 Å². The smallest absolute Gasteiger partial charge is 0.231 e. The first-order chi connectivity index (χ1) is 13.2. The van der Waals surface area contributed by atoms with Crippen LogP contribution >= 0.6 is 0 Å². The summed E-state index contributed by atoms with van der Waals surface area (Å²) in [6.45, 7) is 0.605. The molecule has 0 saturated carbocycles. The maximum atomic E-state index is 12.7. The summed E-state index contributed by atoms with van der Waals surface area (Å²) in [7, 11) is 0. The highest BCUT2D eigenvalue weighted by molar-refractivity contribution is 6.03. The summed E-state index contributed by atoms with van der Waals surface area (Å²) in [4.78, 5) is 26.9. The number of aryl methyl sites for hydroxylation is 2. The molecule has 1 aliphatic carbocycles. The number of rotatable bonds is 3. The Labute approximate surface area is 157 Å². The van der Waals surface area contributed by atoms with Crippen LogP contribution < -0.4 is 19.7 Å². The van der Waals surface area contributed by atoms with Crippen LogP contribution in [0.4, 0.5) is 11.4 Å². The first-order valence-corrected chi connectivity index (χ1v) is 9.30. The second kappa shape index (κ2) is 6.30. The van der Waals surface area contributed by atoms with Gasteiger partial charge in [0, 0.05) is 30.4 Å². The van der Waals surface area contributed by atoms with E-state index in [0.717, 1.165) is 18.5 Å². The Kier molecular flexibility index (Phi) is 3.77. The van der Waals surface area contributed by atoms with Gasteiger partial charge in [0.05, 0.1) is 5.92 Å². The topological polar surface area (TPSA) is 67.9 Å². The van der Waals surface area contributed by atoms with Crippen LogP contribution in [-0.4, -0.2) is 25.2 Å². The number of nitrogens with one attached hydrogen (secondary N) is 1. The Bertz CT molecular complexity index is 940. The zero-order valence-electron chi connectivity index (χ0n) is 14.9. The second-order valence-corrected chi connectivity index (χ2v) is 7.27. The van der Waals surface area contributed by atoms with Crippen molar-refractivity contribution in [2.24, 2.45) is 5.92 Å². The van der Waals surface area contributed by atoms with Gasteiger partial charge in [0.25, 0.3) is 0 Å². The molecule has 2 aromatic carbocycles. The number of amides is 2. The summed E-state index contributed by atoms with van der Waals surface area (Å²) in [6.07, 6.45) is 3.59. The summed E-state index contributed by atoms with van der Waals surface area (Å²) in [5.74, 6) is 0.780. The van der Waals surface area contributed by atoms with Gasteiger partial charge < -0.3 is 19.7 Å². The average Bonchev–Trinajstić information content (AvgIpc) is 3.39. The molecule has 0 bridgehead atoms. The fourth-order valence-electron chi connectivity index (χ4n) is 4.08. The van der Waals surface area contributed by atoms with Crippen molar-refractivity contribution in [3.63, 3.8) is 0 Å². The van der Waals surface area contributed by atoms with Gasteiger partial charge in [-0.25, -0.2) is 0 Å². The van der Waals surface area contributed by atoms with Crippen molar-refractivity contribution in [3.8, 4) is 11.5 Å². The minimum absolute atomic E-state index is 0.00113. The zero-order chi connectivity index (χ0) is 18.4. The standard InChI is InChI=1S/C21H20N2O4/c24-20-9-15(11-23(20)17-6-4-13-2-1-3-14(13)8-17)21(25)22-16-5-7-18-19(10-16)27-12-26-18/h4-8,10,15H,1-3,9,11-12H2,(H,22,25)/t15-/m1/s1. The van der Waals surface area contributed by atoms with E-state index in [1.165, 1.54) is 17.5 Å². The molecule has 0 spiro atoms. The maximum Gasteiger partial charge on any atom is 0.231 e. The van der Waals surface area contributed by atoms with E-state index >= 15 is 0 Å². The molecule has 0 radical (unpaired) electrons. The van der Waals surface area contributed by atoms with E-state index in [1.54, 1.807) is 23.1 Å². The molecule has 1 saturated heterocycles. The number of ether oxygens (including phenoxy) is 2. The molecular weight excluding hydrogens is 344 g/mol. The molecule has 1 fully saturated rings. The third-order valence-corrected chi connectivity index (χ3v) is 5.53. The predicted octanol–water partition coefficient (Wildman–Crippen LogP) is 2.90. The van der Waals surface area contributed by atoms with E-state index in [9.17, 15) is 9.59 Å². The number of anilines is 2. The summed E-state index contributed by atoms with van der Waals surface area (Å²) in [5.41, 5.74) is 4.25. The van der Waals surface area contributed by atoms with Gasteiger partial charge in [-0.15, -0.1) is 0 Å². The molecule has 2 aliphatic heterocycles. The van der Waals surface area contributed by atoms with Gasteiger partial charge in [0.15, 0.2) is 11.5 Å². The molecule has 2 amide bonds. The van der Waals surface area contributed by atoms with E-state index in [2.05, 4.69) is 17.4 Å². The lowest BCUT2D eigenvalue weighted by Gasteiger charge is -2.18. The first kappa shape index (κ1) is 16.2. The van der Waals surface area contributed by atoms with Gasteiger partial charge in [0.2, 0.25) is 18.6 Å². The number of carbonyl (C=O) groups is 2. The number of fused-ring (bicyclic) bond motifs is 2. The van der Waals surface area contributed by atoms with Gasteiger partial charge in [0.1, 0.15) is 0 Å². The maximum absolute atomic E-state index is 12.7. The van der Waals surface area contributed by atoms with Crippen molar-refractivity contribution in [1.29, 1.82) is 0 Å². The highest BCUT2D eigenvalue weighted by atomic mass is 16.7. The molecule has 0 aromatic heterocycles. The molecule has 1 atom stereocenters. The molecule has 2 heterocycles. The fourth-order valence-corrected chi connectivity index (χ4v) is 4.08. The monoisotopic (exact) mass is 364 g/mol. The minimum Gasteiger partial charge on any atom is -0.454 e. The first-order valence-electron chi connectivity index (χ1n) is 9.30. The lowest BCUT2D eigenvalue weighted by molar-refractivity contribution is -0.122. The van der Waals surface area contributed by atoms with Crippen molar-refractivity contribution < 1.29 is 19.1 Å². The van der Waals surface area contributed by atoms with E-state index < -0.39 is 0 Å². The molecule has 6 heteroatoms. The Morgan fingerprint density at radius 2 is 1.89 bits per heavy atom. The summed E-state index contributed by atoms with van der Waals surface area (Å²) >= 11 is 0. The van der Waals surface area contributed by atoms with Crippen LogP contribution in [0, 0.1) is 5.92 Å². The highest BCUT2D eigenvalue weighted by Crippen LogP contribution is 2.35. The van der Waals surface area contributed by atoms with Crippen LogP contribution in [-0.2, 0) is 22.4 Å². The fraction of sp³-hybridized carbons (Fsp3) is 0.333. The Morgan fingerprint density at radius 3 is 2.81 bits per heavy atom. The van der Waals surface area contributed by atoms with Crippen molar-refractivity contribution in [2.75, 3.05) is 23.6 Å². The van der Waals surface area contributed by atoms with Crippen molar-refractivity contribution in [1.82, 2.24) is 0 Å². The zero-order valence-corrected chi connectivity index (χ0v) is 14.9. The van der Waals surface area contributed by atoms with E-state index in [0.29, 0.717) is 23.7 Å². The summed E-state index contributed by atoms with van der Waals surface area (Å²) in [6, 6.07) is 11.5. The Hall–Kier alpha value is -3.02. The van der Waals surface area contributed by atoms with Gasteiger partial charge in [-0.3, -0.25) is 9.59 Å². The third-order valence-electron chi connectivity index (χ3n) is 5.53. The SMILES string of the molecule is O=C(Nc1ccc2c(c1)OCO2)[C@@H]1CC(=O)N(c2ccc3c(c2)CCC3)C1. The average molecular weight is 364 g/mol. The van der Waals surface area contributed by atoms with Crippen molar-refractivity contribution in [2.45, 2.75) is 25.7 Å². The number of nitrogens with zero attached hydrogens (tertiary/aromatic N) is 1. The van der Waals surface area contributed by atoms with Gasteiger partial charge in [-0.2, -0.15) is 0 Å². The molecule has 3 aliphatic rings. The molecule has 27 heavy (non-hydrogen) atoms. The van der Waals surface area contributed by atoms with Gasteiger partial charge in [-0.1, -0.05) is 6.07 Å². The quantitative estimate of drug-likeness (QED) is 0.909. The number of carbonyl (C=O) groups excluding carboxylic acids is 2. The second-order valence-electron chi connectivity index (χ2n) is 7.27.